The zero-order valence-corrected chi connectivity index (χ0v) is 22.2. The average molecular weight is 513 g/mol. The number of aromatic carboxylic acids is 1. The molecule has 0 fully saturated rings. The Labute approximate surface area is 222 Å². The Balaban J connectivity index is 0.000000278. The number of fused-ring (bicyclic) bond motifs is 2. The second-order valence-electron chi connectivity index (χ2n) is 10.0. The van der Waals surface area contributed by atoms with Crippen molar-refractivity contribution >= 4 is 40.8 Å². The Morgan fingerprint density at radius 1 is 0.921 bits per heavy atom. The number of carbonyl (C=O) groups excluding carboxylic acids is 2. The molecular weight excluding hydrogens is 480 g/mol. The molecule has 38 heavy (non-hydrogen) atoms. The molecule has 0 unspecified atom stereocenters. The predicted octanol–water partition coefficient (Wildman–Crippen LogP) is 6.31. The van der Waals surface area contributed by atoms with Crippen molar-refractivity contribution in [3.63, 3.8) is 0 Å². The molecule has 196 valence electrons. The second-order valence-corrected chi connectivity index (χ2v) is 10.0. The first kappa shape index (κ1) is 26.7. The van der Waals surface area contributed by atoms with Crippen LogP contribution in [0.15, 0.2) is 54.6 Å². The molecule has 5 rings (SSSR count). The molecule has 2 aliphatic rings. The molecule has 2 heterocycles. The van der Waals surface area contributed by atoms with E-state index in [2.05, 4.69) is 38.3 Å². The van der Waals surface area contributed by atoms with Crippen molar-refractivity contribution in [3.05, 3.63) is 88.0 Å². The molecule has 2 amide bonds. The fraction of sp³-hybridized carbons (Fsp3) is 0.258. The number of rotatable bonds is 5. The summed E-state index contributed by atoms with van der Waals surface area (Å²) in [5.41, 5.74) is 6.99. The highest BCUT2D eigenvalue weighted by molar-refractivity contribution is 6.35. The maximum absolute atomic E-state index is 12.5. The van der Waals surface area contributed by atoms with Crippen molar-refractivity contribution in [3.8, 4) is 5.75 Å². The lowest BCUT2D eigenvalue weighted by molar-refractivity contribution is -0.115. The third-order valence-corrected chi connectivity index (χ3v) is 6.62. The highest BCUT2D eigenvalue weighted by atomic mass is 16.5. The Kier molecular flexibility index (Phi) is 7.67. The molecular formula is C31H32N2O5. The number of anilines is 2. The number of hydrogen-bond donors (Lipinski definition) is 3. The maximum Gasteiger partial charge on any atom is 0.335 e. The summed E-state index contributed by atoms with van der Waals surface area (Å²) in [4.78, 5) is 34.6. The number of carboxylic acid groups (broad SMARTS) is 1. The molecule has 0 bridgehead atoms. The van der Waals surface area contributed by atoms with Crippen LogP contribution < -0.4 is 15.4 Å². The summed E-state index contributed by atoms with van der Waals surface area (Å²) in [7, 11) is 1.68. The van der Waals surface area contributed by atoms with Gasteiger partial charge in [0.2, 0.25) is 5.91 Å². The van der Waals surface area contributed by atoms with Crippen LogP contribution in [0.3, 0.4) is 0 Å². The van der Waals surface area contributed by atoms with E-state index in [9.17, 15) is 19.5 Å². The first-order chi connectivity index (χ1) is 18.1. The minimum atomic E-state index is -1.02. The number of hydrogen-bond acceptors (Lipinski definition) is 4. The third kappa shape index (κ3) is 5.47. The molecule has 7 nitrogen and oxygen atoms in total. The second kappa shape index (κ2) is 10.9. The van der Waals surface area contributed by atoms with E-state index in [-0.39, 0.29) is 29.2 Å². The van der Waals surface area contributed by atoms with Crippen LogP contribution >= 0.6 is 0 Å². The minimum Gasteiger partial charge on any atom is -0.496 e. The molecule has 7 heteroatoms. The number of amides is 2. The normalized spacial score (nSPS) is 14.6. The molecule has 0 aromatic heterocycles. The fourth-order valence-corrected chi connectivity index (χ4v) is 4.67. The van der Waals surface area contributed by atoms with Crippen LogP contribution in [0.4, 0.5) is 11.4 Å². The van der Waals surface area contributed by atoms with Crippen LogP contribution in [0.2, 0.25) is 0 Å². The van der Waals surface area contributed by atoms with Crippen molar-refractivity contribution in [1.29, 1.82) is 0 Å². The molecule has 0 radical (unpaired) electrons. The number of benzene rings is 3. The van der Waals surface area contributed by atoms with E-state index in [4.69, 9.17) is 4.74 Å². The molecule has 2 aliphatic heterocycles. The van der Waals surface area contributed by atoms with Crippen molar-refractivity contribution in [2.75, 3.05) is 17.7 Å². The number of carboxylic acids is 1. The Morgan fingerprint density at radius 3 is 2.16 bits per heavy atom. The van der Waals surface area contributed by atoms with Gasteiger partial charge in [-0.1, -0.05) is 45.9 Å². The summed E-state index contributed by atoms with van der Waals surface area (Å²) in [6, 6.07) is 16.5. The maximum atomic E-state index is 12.5. The van der Waals surface area contributed by atoms with E-state index in [0.29, 0.717) is 23.2 Å². The van der Waals surface area contributed by atoms with Gasteiger partial charge in [-0.2, -0.15) is 0 Å². The van der Waals surface area contributed by atoms with Crippen LogP contribution in [0.25, 0.3) is 11.6 Å². The highest BCUT2D eigenvalue weighted by Crippen LogP contribution is 2.38. The van der Waals surface area contributed by atoms with Crippen molar-refractivity contribution in [2.24, 2.45) is 0 Å². The molecule has 3 aromatic carbocycles. The first-order valence-corrected chi connectivity index (χ1v) is 12.6. The summed E-state index contributed by atoms with van der Waals surface area (Å²) < 4.78 is 5.68. The van der Waals surface area contributed by atoms with E-state index in [0.717, 1.165) is 33.7 Å². The number of carbonyl (C=O) groups is 3. The zero-order valence-electron chi connectivity index (χ0n) is 22.2. The van der Waals surface area contributed by atoms with E-state index < -0.39 is 5.97 Å². The molecule has 0 atom stereocenters. The topological polar surface area (TPSA) is 105 Å². The van der Waals surface area contributed by atoms with Gasteiger partial charge in [0.25, 0.3) is 5.91 Å². The van der Waals surface area contributed by atoms with Gasteiger partial charge >= 0.3 is 5.97 Å². The van der Waals surface area contributed by atoms with Crippen LogP contribution in [-0.2, 0) is 16.0 Å². The standard InChI is InChI=1S/C23H25NO4.C8H7NO/c1-12(2)16-8-14(9-17(13(3)4)21(16)28-5)10-19-18-11-15(23(26)27)6-7-20(18)24-22(19)25;10-8-5-6-3-1-2-4-7(6)9-8/h6-13H,1-5H3,(H,24,25)(H,26,27);1-4H,5H2,(H,9,10). The molecule has 0 saturated heterocycles. The average Bonchev–Trinajstić information content (AvgIpc) is 3.41. The lowest BCUT2D eigenvalue weighted by Gasteiger charge is -2.19. The SMILES string of the molecule is COc1c(C(C)C)cc(C=C2C(=O)Nc3ccc(C(=O)O)cc32)cc1C(C)C.O=C1Cc2ccccc2N1. The Bertz CT molecular complexity index is 1400. The van der Waals surface area contributed by atoms with Crippen molar-refractivity contribution in [2.45, 2.75) is 46.0 Å². The van der Waals surface area contributed by atoms with Gasteiger partial charge in [-0.05, 0) is 76.6 Å². The van der Waals surface area contributed by atoms with Gasteiger partial charge in [0.15, 0.2) is 0 Å². The summed E-state index contributed by atoms with van der Waals surface area (Å²) in [6.07, 6.45) is 2.36. The van der Waals surface area contributed by atoms with Gasteiger partial charge in [0.1, 0.15) is 5.75 Å². The number of methoxy groups -OCH3 is 1. The minimum absolute atomic E-state index is 0.0983. The third-order valence-electron chi connectivity index (χ3n) is 6.62. The summed E-state index contributed by atoms with van der Waals surface area (Å²) in [5.74, 6) is 0.252. The van der Waals surface area contributed by atoms with Gasteiger partial charge in [-0.3, -0.25) is 9.59 Å². The molecule has 0 spiro atoms. The Morgan fingerprint density at radius 2 is 1.58 bits per heavy atom. The smallest absolute Gasteiger partial charge is 0.335 e. The summed E-state index contributed by atoms with van der Waals surface area (Å²) in [6.45, 7) is 8.43. The number of para-hydroxylation sites is 1. The van der Waals surface area contributed by atoms with E-state index in [1.165, 1.54) is 12.1 Å². The lowest BCUT2D eigenvalue weighted by atomic mass is 9.90. The van der Waals surface area contributed by atoms with Gasteiger partial charge in [0, 0.05) is 22.5 Å². The fourth-order valence-electron chi connectivity index (χ4n) is 4.67. The largest absolute Gasteiger partial charge is 0.496 e. The summed E-state index contributed by atoms with van der Waals surface area (Å²) >= 11 is 0. The van der Waals surface area contributed by atoms with E-state index in [1.807, 2.05) is 42.5 Å². The predicted molar refractivity (Wildman–Crippen MR) is 150 cm³/mol. The molecule has 3 N–H and O–H groups in total. The van der Waals surface area contributed by atoms with E-state index >= 15 is 0 Å². The van der Waals surface area contributed by atoms with Crippen LogP contribution in [0.5, 0.6) is 5.75 Å². The van der Waals surface area contributed by atoms with Gasteiger partial charge in [-0.25, -0.2) is 4.79 Å². The first-order valence-electron chi connectivity index (χ1n) is 12.6. The van der Waals surface area contributed by atoms with Crippen molar-refractivity contribution in [1.82, 2.24) is 0 Å². The molecule has 0 saturated carbocycles. The van der Waals surface area contributed by atoms with Crippen molar-refractivity contribution < 1.29 is 24.2 Å². The van der Waals surface area contributed by atoms with Gasteiger partial charge < -0.3 is 20.5 Å². The highest BCUT2D eigenvalue weighted by Gasteiger charge is 2.26. The monoisotopic (exact) mass is 512 g/mol. The van der Waals surface area contributed by atoms with Gasteiger partial charge in [0.05, 0.1) is 19.1 Å². The van der Waals surface area contributed by atoms with Crippen LogP contribution in [-0.4, -0.2) is 30.0 Å². The van der Waals surface area contributed by atoms with Gasteiger partial charge in [-0.15, -0.1) is 0 Å². The lowest BCUT2D eigenvalue weighted by Crippen LogP contribution is -2.04. The number of nitrogens with one attached hydrogen (secondary N) is 2. The zero-order chi connectivity index (χ0) is 27.6. The summed E-state index contributed by atoms with van der Waals surface area (Å²) in [5, 5.41) is 14.8. The number of ether oxygens (including phenoxy) is 1. The molecule has 0 aliphatic carbocycles. The van der Waals surface area contributed by atoms with E-state index in [1.54, 1.807) is 13.2 Å². The quantitative estimate of drug-likeness (QED) is 0.347. The van der Waals surface area contributed by atoms with Crippen LogP contribution in [0, 0.1) is 0 Å². The Hall–Kier alpha value is -4.39. The van der Waals surface area contributed by atoms with Crippen LogP contribution in [0.1, 0.15) is 77.7 Å². The molecule has 3 aromatic rings.